The Bertz CT molecular complexity index is 245. The molecular formula is C8H12F4N2S. The first-order valence-corrected chi connectivity index (χ1v) is 5.50. The maximum absolute atomic E-state index is 12.5. The number of aliphatic imine (C=N–C) groups is 1. The Balaban J connectivity index is 2.49. The summed E-state index contributed by atoms with van der Waals surface area (Å²) in [4.78, 5) is 3.47. The van der Waals surface area contributed by atoms with Crippen molar-refractivity contribution >= 4 is 16.9 Å². The van der Waals surface area contributed by atoms with Crippen molar-refractivity contribution in [3.05, 3.63) is 0 Å². The minimum absolute atomic E-state index is 0.158. The van der Waals surface area contributed by atoms with Gasteiger partial charge in [0.05, 0.1) is 0 Å². The lowest BCUT2D eigenvalue weighted by molar-refractivity contribution is -0.119. The second-order valence-corrected chi connectivity index (χ2v) is 4.45. The van der Waals surface area contributed by atoms with Crippen molar-refractivity contribution < 1.29 is 17.6 Å². The molecule has 0 amide bonds. The van der Waals surface area contributed by atoms with Crippen LogP contribution >= 0.6 is 11.8 Å². The van der Waals surface area contributed by atoms with Crippen LogP contribution in [0.25, 0.3) is 0 Å². The molecule has 1 aliphatic rings. The van der Waals surface area contributed by atoms with Crippen molar-refractivity contribution in [2.75, 3.05) is 12.3 Å². The number of amidine groups is 1. The SMILES string of the molecule is CC1CCSC(=NCC(F)(F)C(F)F)N1. The van der Waals surface area contributed by atoms with Crippen LogP contribution in [0.5, 0.6) is 0 Å². The van der Waals surface area contributed by atoms with E-state index >= 15 is 0 Å². The molecule has 0 bridgehead atoms. The molecule has 1 atom stereocenters. The van der Waals surface area contributed by atoms with Crippen molar-refractivity contribution in [1.82, 2.24) is 5.32 Å². The normalized spacial score (nSPS) is 25.7. The number of hydrogen-bond donors (Lipinski definition) is 1. The van der Waals surface area contributed by atoms with Crippen LogP contribution in [0.3, 0.4) is 0 Å². The highest BCUT2D eigenvalue weighted by atomic mass is 32.2. The van der Waals surface area contributed by atoms with Crippen LogP contribution in [0.15, 0.2) is 4.99 Å². The van der Waals surface area contributed by atoms with Crippen LogP contribution in [0.1, 0.15) is 13.3 Å². The molecule has 0 aromatic rings. The van der Waals surface area contributed by atoms with Crippen LogP contribution in [-0.4, -0.2) is 35.9 Å². The fourth-order valence-corrected chi connectivity index (χ4v) is 2.10. The predicted molar refractivity (Wildman–Crippen MR) is 52.9 cm³/mol. The zero-order valence-electron chi connectivity index (χ0n) is 8.14. The van der Waals surface area contributed by atoms with Crippen molar-refractivity contribution in [1.29, 1.82) is 0 Å². The summed E-state index contributed by atoms with van der Waals surface area (Å²) in [7, 11) is 0. The van der Waals surface area contributed by atoms with Gasteiger partial charge in [0.25, 0.3) is 0 Å². The predicted octanol–water partition coefficient (Wildman–Crippen LogP) is 2.36. The summed E-state index contributed by atoms with van der Waals surface area (Å²) in [6.07, 6.45) is -2.75. The monoisotopic (exact) mass is 244 g/mol. The zero-order chi connectivity index (χ0) is 11.5. The molecule has 1 rings (SSSR count). The van der Waals surface area contributed by atoms with Gasteiger partial charge in [-0.05, 0) is 13.3 Å². The Morgan fingerprint density at radius 2 is 2.27 bits per heavy atom. The highest BCUT2D eigenvalue weighted by Crippen LogP contribution is 2.24. The zero-order valence-corrected chi connectivity index (χ0v) is 8.96. The maximum atomic E-state index is 12.5. The summed E-state index contributed by atoms with van der Waals surface area (Å²) >= 11 is 1.28. The first-order valence-electron chi connectivity index (χ1n) is 4.51. The number of hydrogen-bond acceptors (Lipinski definition) is 2. The lowest BCUT2D eigenvalue weighted by Crippen LogP contribution is -2.37. The molecule has 0 aromatic heterocycles. The highest BCUT2D eigenvalue weighted by Gasteiger charge is 2.40. The molecule has 1 fully saturated rings. The largest absolute Gasteiger partial charge is 0.362 e. The lowest BCUT2D eigenvalue weighted by Gasteiger charge is -2.22. The van der Waals surface area contributed by atoms with Crippen molar-refractivity contribution in [2.45, 2.75) is 31.7 Å². The van der Waals surface area contributed by atoms with E-state index in [-0.39, 0.29) is 6.04 Å². The van der Waals surface area contributed by atoms with Crippen molar-refractivity contribution in [2.24, 2.45) is 4.99 Å². The minimum atomic E-state index is -4.03. The Morgan fingerprint density at radius 3 is 2.80 bits per heavy atom. The molecule has 88 valence electrons. The van der Waals surface area contributed by atoms with Crippen LogP contribution < -0.4 is 5.32 Å². The molecule has 1 aliphatic heterocycles. The van der Waals surface area contributed by atoms with Crippen molar-refractivity contribution in [3.63, 3.8) is 0 Å². The van der Waals surface area contributed by atoms with E-state index in [9.17, 15) is 17.6 Å². The van der Waals surface area contributed by atoms with Crippen LogP contribution in [0.4, 0.5) is 17.6 Å². The van der Waals surface area contributed by atoms with Crippen molar-refractivity contribution in [3.8, 4) is 0 Å². The van der Waals surface area contributed by atoms with E-state index in [4.69, 9.17) is 0 Å². The number of nitrogens with zero attached hydrogens (tertiary/aromatic N) is 1. The topological polar surface area (TPSA) is 24.4 Å². The summed E-state index contributed by atoms with van der Waals surface area (Å²) in [5, 5.41) is 3.19. The molecule has 1 unspecified atom stereocenters. The van der Waals surface area contributed by atoms with E-state index in [1.807, 2.05) is 6.92 Å². The number of thioether (sulfide) groups is 1. The Morgan fingerprint density at radius 1 is 1.60 bits per heavy atom. The number of alkyl halides is 4. The number of rotatable bonds is 3. The van der Waals surface area contributed by atoms with Gasteiger partial charge in [-0.25, -0.2) is 8.78 Å². The van der Waals surface area contributed by atoms with Gasteiger partial charge in [0.15, 0.2) is 5.17 Å². The van der Waals surface area contributed by atoms with Crippen LogP contribution in [-0.2, 0) is 0 Å². The molecule has 0 aliphatic carbocycles. The Labute approximate surface area is 89.5 Å². The highest BCUT2D eigenvalue weighted by molar-refractivity contribution is 8.13. The molecule has 0 spiro atoms. The average Bonchev–Trinajstić information content (AvgIpc) is 2.15. The van der Waals surface area contributed by atoms with Gasteiger partial charge < -0.3 is 5.32 Å². The van der Waals surface area contributed by atoms with Gasteiger partial charge in [0.2, 0.25) is 0 Å². The van der Waals surface area contributed by atoms with Gasteiger partial charge in [-0.1, -0.05) is 11.8 Å². The summed E-state index contributed by atoms with van der Waals surface area (Å²) < 4.78 is 48.6. The van der Waals surface area contributed by atoms with E-state index < -0.39 is 18.9 Å². The molecule has 0 aromatic carbocycles. The third-order valence-corrected chi connectivity index (χ3v) is 2.87. The minimum Gasteiger partial charge on any atom is -0.362 e. The molecule has 0 saturated carbocycles. The van der Waals surface area contributed by atoms with Gasteiger partial charge in [-0.2, -0.15) is 8.78 Å². The summed E-state index contributed by atoms with van der Waals surface area (Å²) in [5.41, 5.74) is 0. The fourth-order valence-electron chi connectivity index (χ4n) is 0.994. The second-order valence-electron chi connectivity index (χ2n) is 3.37. The third-order valence-electron chi connectivity index (χ3n) is 1.91. The third kappa shape index (κ3) is 3.89. The number of halogens is 4. The van der Waals surface area contributed by atoms with E-state index in [1.165, 1.54) is 11.8 Å². The first-order chi connectivity index (χ1) is 6.92. The maximum Gasteiger partial charge on any atom is 0.326 e. The molecular weight excluding hydrogens is 232 g/mol. The second kappa shape index (κ2) is 5.05. The standard InChI is InChI=1S/C8H12F4N2S/c1-5-2-3-15-7(14-5)13-4-8(11,12)6(9)10/h5-6H,2-4H2,1H3,(H,13,14). The van der Waals surface area contributed by atoms with Gasteiger partial charge in [-0.15, -0.1) is 0 Å². The van der Waals surface area contributed by atoms with Gasteiger partial charge in [-0.3, -0.25) is 4.99 Å². The molecule has 15 heavy (non-hydrogen) atoms. The fraction of sp³-hybridized carbons (Fsp3) is 0.875. The Hall–Kier alpha value is -0.460. The molecule has 1 saturated heterocycles. The first kappa shape index (κ1) is 12.6. The van der Waals surface area contributed by atoms with E-state index in [0.29, 0.717) is 5.17 Å². The smallest absolute Gasteiger partial charge is 0.326 e. The van der Waals surface area contributed by atoms with E-state index in [0.717, 1.165) is 12.2 Å². The van der Waals surface area contributed by atoms with Gasteiger partial charge in [0, 0.05) is 11.8 Å². The molecule has 1 N–H and O–H groups in total. The molecule has 2 nitrogen and oxygen atoms in total. The van der Waals surface area contributed by atoms with Crippen LogP contribution in [0.2, 0.25) is 0 Å². The lowest BCUT2D eigenvalue weighted by atomic mass is 10.3. The molecule has 0 radical (unpaired) electrons. The number of nitrogens with one attached hydrogen (secondary N) is 1. The van der Waals surface area contributed by atoms with E-state index in [2.05, 4.69) is 10.3 Å². The molecule has 7 heteroatoms. The summed E-state index contributed by atoms with van der Waals surface area (Å²) in [5.74, 6) is -3.26. The van der Waals surface area contributed by atoms with Crippen LogP contribution in [0, 0.1) is 0 Å². The van der Waals surface area contributed by atoms with E-state index in [1.54, 1.807) is 0 Å². The average molecular weight is 244 g/mol. The van der Waals surface area contributed by atoms with Gasteiger partial charge in [0.1, 0.15) is 6.54 Å². The quantitative estimate of drug-likeness (QED) is 0.771. The Kier molecular flexibility index (Phi) is 4.24. The molecule has 1 heterocycles. The summed E-state index contributed by atoms with van der Waals surface area (Å²) in [6.45, 7) is 0.729. The summed E-state index contributed by atoms with van der Waals surface area (Å²) in [6, 6.07) is 0.158. The van der Waals surface area contributed by atoms with Gasteiger partial charge >= 0.3 is 12.3 Å².